The number of carbonyl (C=O) groups excluding carboxylic acids is 2. The van der Waals surface area contributed by atoms with Crippen LogP contribution in [0, 0.1) is 11.3 Å². The van der Waals surface area contributed by atoms with Crippen molar-refractivity contribution in [3.8, 4) is 11.1 Å². The molecular weight excluding hydrogens is 570 g/mol. The number of H-pyrrole nitrogens is 1. The number of carbonyl (C=O) groups is 2. The Hall–Kier alpha value is -3.64. The lowest BCUT2D eigenvalue weighted by atomic mass is 9.71. The van der Waals surface area contributed by atoms with E-state index in [1.807, 2.05) is 6.07 Å². The van der Waals surface area contributed by atoms with E-state index in [0.29, 0.717) is 24.2 Å². The molecule has 0 bridgehead atoms. The molecule has 3 aliphatic rings. The van der Waals surface area contributed by atoms with Gasteiger partial charge in [0.1, 0.15) is 6.29 Å². The van der Waals surface area contributed by atoms with E-state index in [4.69, 9.17) is 9.78 Å². The van der Waals surface area contributed by atoms with Gasteiger partial charge in [0, 0.05) is 42.8 Å². The number of aryl methyl sites for hydroxylation is 1. The number of aldehydes is 1. The Morgan fingerprint density at radius 3 is 2.39 bits per heavy atom. The highest BCUT2D eigenvalue weighted by molar-refractivity contribution is 6.02. The number of hydrogen-bond acceptors (Lipinski definition) is 4. The van der Waals surface area contributed by atoms with Gasteiger partial charge in [-0.15, -0.1) is 0 Å². The van der Waals surface area contributed by atoms with Crippen LogP contribution < -0.4 is 10.5 Å². The first-order chi connectivity index (χ1) is 22.0. The van der Waals surface area contributed by atoms with Gasteiger partial charge in [0.15, 0.2) is 5.78 Å². The number of benzene rings is 1. The lowest BCUT2D eigenvalue weighted by Crippen LogP contribution is -3.12. The fraction of sp³-hybridized carbons (Fsp3) is 0.500. The first kappa shape index (κ1) is 33.7. The van der Waals surface area contributed by atoms with E-state index >= 15 is 0 Å². The monoisotopic (exact) mass is 622 g/mol. The summed E-state index contributed by atoms with van der Waals surface area (Å²) < 4.78 is 0. The van der Waals surface area contributed by atoms with E-state index in [9.17, 15) is 9.59 Å². The number of pyridine rings is 2. The number of nitrogens with one attached hydrogen (secondary N) is 2. The van der Waals surface area contributed by atoms with Gasteiger partial charge in [0.25, 0.3) is 0 Å². The number of ketones is 1. The van der Waals surface area contributed by atoms with Crippen molar-refractivity contribution in [2.24, 2.45) is 11.3 Å². The number of aromatic nitrogens is 2. The zero-order chi connectivity index (χ0) is 32.8. The number of allylic oxidation sites excluding steroid dienone is 1. The maximum Gasteiger partial charge on any atom is 0.247 e. The Morgan fingerprint density at radius 1 is 1.04 bits per heavy atom. The molecule has 0 radical (unpaired) electrons. The summed E-state index contributed by atoms with van der Waals surface area (Å²) in [5.74, 6) is 1.11. The van der Waals surface area contributed by atoms with E-state index in [1.54, 1.807) is 17.2 Å². The molecule has 2 N–H and O–H groups in total. The van der Waals surface area contributed by atoms with Crippen LogP contribution in [0.1, 0.15) is 107 Å². The Balaban J connectivity index is 0.00000134. The molecule has 1 unspecified atom stereocenters. The van der Waals surface area contributed by atoms with Gasteiger partial charge in [-0.3, -0.25) is 14.6 Å². The molecule has 0 amide bonds. The summed E-state index contributed by atoms with van der Waals surface area (Å²) in [5, 5.41) is 0. The summed E-state index contributed by atoms with van der Waals surface area (Å²) in [4.78, 5) is 43.7. The summed E-state index contributed by atoms with van der Waals surface area (Å²) >= 11 is 0. The van der Waals surface area contributed by atoms with E-state index in [0.717, 1.165) is 66.1 Å². The highest BCUT2D eigenvalue weighted by Crippen LogP contribution is 2.39. The highest BCUT2D eigenvalue weighted by Gasteiger charge is 2.32. The number of fused-ring (bicyclic) bond motifs is 2. The molecule has 6 nitrogen and oxygen atoms in total. The predicted octanol–water partition coefficient (Wildman–Crippen LogP) is 6.32. The first-order valence-electron chi connectivity index (χ1n) is 17.3. The molecule has 0 aliphatic heterocycles. The van der Waals surface area contributed by atoms with Gasteiger partial charge in [-0.2, -0.15) is 0 Å². The third-order valence-electron chi connectivity index (χ3n) is 10.6. The van der Waals surface area contributed by atoms with Crippen molar-refractivity contribution in [3.05, 3.63) is 92.7 Å². The van der Waals surface area contributed by atoms with Crippen molar-refractivity contribution in [2.75, 3.05) is 13.6 Å². The lowest BCUT2D eigenvalue weighted by molar-refractivity contribution is -0.905. The van der Waals surface area contributed by atoms with Crippen LogP contribution in [0.25, 0.3) is 17.2 Å². The highest BCUT2D eigenvalue weighted by atomic mass is 16.1. The zero-order valence-electron chi connectivity index (χ0n) is 28.5. The molecule has 6 rings (SSSR count). The van der Waals surface area contributed by atoms with Crippen molar-refractivity contribution in [1.29, 1.82) is 0 Å². The minimum atomic E-state index is -0.0966. The molecule has 1 fully saturated rings. The average Bonchev–Trinajstić information content (AvgIpc) is 3.73. The van der Waals surface area contributed by atoms with E-state index in [-0.39, 0.29) is 17.3 Å². The molecule has 1 aromatic carbocycles. The van der Waals surface area contributed by atoms with Gasteiger partial charge in [-0.1, -0.05) is 45.0 Å². The Morgan fingerprint density at radius 2 is 1.74 bits per heavy atom. The molecule has 1 saturated carbocycles. The number of hydrogen-bond donors (Lipinski definition) is 2. The Labute approximate surface area is 274 Å². The molecule has 2 aromatic heterocycles. The number of Topliss-reactive ketones (excluding diaryl/α,β-unsaturated/α-hetero) is 1. The number of rotatable bonds is 9. The van der Waals surface area contributed by atoms with Crippen LogP contribution in [0.4, 0.5) is 0 Å². The Bertz CT molecular complexity index is 1590. The minimum absolute atomic E-state index is 0.0966. The van der Waals surface area contributed by atoms with E-state index < -0.39 is 0 Å². The van der Waals surface area contributed by atoms with Crippen molar-refractivity contribution >= 4 is 18.1 Å². The van der Waals surface area contributed by atoms with Gasteiger partial charge < -0.3 is 14.7 Å². The summed E-state index contributed by atoms with van der Waals surface area (Å²) in [6.07, 6.45) is 15.5. The fourth-order valence-electron chi connectivity index (χ4n) is 7.63. The van der Waals surface area contributed by atoms with Crippen LogP contribution in [0.3, 0.4) is 0 Å². The van der Waals surface area contributed by atoms with Crippen LogP contribution in [0.15, 0.2) is 59.0 Å². The third kappa shape index (κ3) is 8.19. The van der Waals surface area contributed by atoms with Crippen LogP contribution in [0.2, 0.25) is 0 Å². The first-order valence-corrected chi connectivity index (χ1v) is 17.3. The van der Waals surface area contributed by atoms with Crippen LogP contribution in [0.5, 0.6) is 0 Å². The standard InChI is InChI=1S/C38H47N3O2.C2H4O/c1-38(2,3)32-14-15-34-30(21-32)19-29-20-31(22-35(29)40-34)36(42)23-27(17-18-41(4)33-7-5-6-8-33)25-9-11-26(12-10-25)28-13-16-37(43)39-24-28;1-2-3/h9-13,16,19-20,24,27,32-33H,5-8,14-15,17-18,21-23H2,1-4H3,(H,39,43);2H,1H3/p+1/t27-,32-;/m0./s1. The maximum absolute atomic E-state index is 13.9. The van der Waals surface area contributed by atoms with Gasteiger partial charge in [0.05, 0.1) is 25.3 Å². The largest absolute Gasteiger partial charge is 0.335 e. The smallest absolute Gasteiger partial charge is 0.247 e. The van der Waals surface area contributed by atoms with Gasteiger partial charge in [-0.05, 0) is 115 Å². The number of quaternary nitrogens is 1. The van der Waals surface area contributed by atoms with Crippen molar-refractivity contribution in [2.45, 2.75) is 104 Å². The maximum atomic E-state index is 13.9. The molecule has 46 heavy (non-hydrogen) atoms. The molecule has 0 spiro atoms. The van der Waals surface area contributed by atoms with Crippen molar-refractivity contribution in [3.63, 3.8) is 0 Å². The normalized spacial score (nSPS) is 18.9. The molecule has 3 aliphatic carbocycles. The average molecular weight is 623 g/mol. The van der Waals surface area contributed by atoms with Crippen molar-refractivity contribution < 1.29 is 14.5 Å². The summed E-state index contributed by atoms with van der Waals surface area (Å²) in [5.41, 5.74) is 9.27. The molecule has 3 aromatic rings. The van der Waals surface area contributed by atoms with E-state index in [1.165, 1.54) is 55.8 Å². The van der Waals surface area contributed by atoms with Crippen LogP contribution in [-0.2, 0) is 28.9 Å². The Kier molecular flexibility index (Phi) is 10.9. The molecule has 244 valence electrons. The second-order valence-corrected chi connectivity index (χ2v) is 14.8. The summed E-state index contributed by atoms with van der Waals surface area (Å²) in [6.45, 7) is 9.56. The van der Waals surface area contributed by atoms with Gasteiger partial charge in [-0.25, -0.2) is 0 Å². The lowest BCUT2D eigenvalue weighted by Gasteiger charge is -2.34. The molecule has 2 heterocycles. The van der Waals surface area contributed by atoms with Crippen LogP contribution in [-0.4, -0.2) is 41.7 Å². The minimum Gasteiger partial charge on any atom is -0.335 e. The molecule has 3 atom stereocenters. The van der Waals surface area contributed by atoms with Gasteiger partial charge in [0.2, 0.25) is 5.56 Å². The molecular formula is C40H52N3O3+. The SMILES string of the molecule is CC=O.C[NH+](CC[C@@H](CC(=O)C1=Cc2cc3c(nc2C1)CC[C@H](C(C)(C)C)C3)c1ccc(-c2ccc(=O)[nH]c2)cc1)C1CCCC1. The van der Waals surface area contributed by atoms with E-state index in [2.05, 4.69) is 69.2 Å². The third-order valence-corrected chi connectivity index (χ3v) is 10.6. The zero-order valence-corrected chi connectivity index (χ0v) is 28.5. The van der Waals surface area contributed by atoms with Crippen LogP contribution >= 0.6 is 0 Å². The second-order valence-electron chi connectivity index (χ2n) is 14.8. The number of aromatic amines is 1. The van der Waals surface area contributed by atoms with Crippen molar-refractivity contribution in [1.82, 2.24) is 9.97 Å². The van der Waals surface area contributed by atoms with Gasteiger partial charge >= 0.3 is 0 Å². The molecule has 0 saturated heterocycles. The predicted molar refractivity (Wildman–Crippen MR) is 186 cm³/mol. The second kappa shape index (κ2) is 14.8. The fourth-order valence-corrected chi connectivity index (χ4v) is 7.63. The number of nitrogens with zero attached hydrogens (tertiary/aromatic N) is 1. The molecule has 6 heteroatoms. The topological polar surface area (TPSA) is 84.3 Å². The summed E-state index contributed by atoms with van der Waals surface area (Å²) in [6, 6.07) is 15.1. The quantitative estimate of drug-likeness (QED) is 0.274. The summed E-state index contributed by atoms with van der Waals surface area (Å²) in [7, 11) is 2.34.